The predicted molar refractivity (Wildman–Crippen MR) is 113 cm³/mol. The van der Waals surface area contributed by atoms with Crippen LogP contribution in [0.3, 0.4) is 0 Å². The van der Waals surface area contributed by atoms with Gasteiger partial charge in [0.2, 0.25) is 5.95 Å². The number of imidazole rings is 1. The highest BCUT2D eigenvalue weighted by atomic mass is 32.2. The fraction of sp³-hybridized carbons (Fsp3) is 0.286. The molecule has 1 aromatic carbocycles. The first-order valence-corrected chi connectivity index (χ1v) is 10.5. The van der Waals surface area contributed by atoms with Crippen LogP contribution >= 0.6 is 11.8 Å². The van der Waals surface area contributed by atoms with E-state index in [1.54, 1.807) is 17.8 Å². The van der Waals surface area contributed by atoms with Gasteiger partial charge in [0.15, 0.2) is 5.65 Å². The molecule has 0 radical (unpaired) electrons. The molecule has 0 fully saturated rings. The molecule has 1 aliphatic rings. The van der Waals surface area contributed by atoms with Crippen molar-refractivity contribution in [2.45, 2.75) is 31.7 Å². The Morgan fingerprint density at radius 1 is 1.24 bits per heavy atom. The van der Waals surface area contributed by atoms with Crippen LogP contribution in [0.4, 0.5) is 10.3 Å². The van der Waals surface area contributed by atoms with Gasteiger partial charge in [0, 0.05) is 42.2 Å². The number of hydrogen-bond acceptors (Lipinski definition) is 5. The summed E-state index contributed by atoms with van der Waals surface area (Å²) in [4.78, 5) is 10.5. The Kier molecular flexibility index (Phi) is 4.31. The zero-order valence-corrected chi connectivity index (χ0v) is 17.3. The largest absolute Gasteiger partial charge is 0.351 e. The van der Waals surface area contributed by atoms with Crippen LogP contribution in [0, 0.1) is 19.7 Å². The molecule has 6 nitrogen and oxygen atoms in total. The summed E-state index contributed by atoms with van der Waals surface area (Å²) in [6.07, 6.45) is 4.65. The number of halogens is 1. The summed E-state index contributed by atoms with van der Waals surface area (Å²) in [6.45, 7) is 4.31. The third-order valence-corrected chi connectivity index (χ3v) is 6.36. The van der Waals surface area contributed by atoms with Crippen molar-refractivity contribution in [2.24, 2.45) is 7.05 Å². The van der Waals surface area contributed by atoms with Gasteiger partial charge in [-0.3, -0.25) is 9.08 Å². The van der Waals surface area contributed by atoms with Crippen molar-refractivity contribution < 1.29 is 4.39 Å². The highest BCUT2D eigenvalue weighted by Crippen LogP contribution is 2.35. The molecular formula is C21H21FN6S. The molecule has 29 heavy (non-hydrogen) atoms. The molecule has 148 valence electrons. The lowest BCUT2D eigenvalue weighted by molar-refractivity contribution is 0.607. The standard InChI is InChI=1S/C21H21FN6S/c1-12-8-18(27(3)26-12)16-10-24-21(28-11-13(2)25-20(16)28)23-9-15-14-6-7-29-19(14)5-4-17(15)22/h4-5,8,10-11H,6-7,9H2,1-3H3,(H,23,24). The van der Waals surface area contributed by atoms with Crippen LogP contribution in [0.1, 0.15) is 22.5 Å². The fourth-order valence-corrected chi connectivity index (χ4v) is 5.03. The summed E-state index contributed by atoms with van der Waals surface area (Å²) in [5, 5.41) is 7.76. The number of thioether (sulfide) groups is 1. The number of nitrogens with one attached hydrogen (secondary N) is 1. The van der Waals surface area contributed by atoms with E-state index in [4.69, 9.17) is 4.98 Å². The Bertz CT molecular complexity index is 1240. The topological polar surface area (TPSA) is 60.0 Å². The monoisotopic (exact) mass is 408 g/mol. The first-order chi connectivity index (χ1) is 14.0. The van der Waals surface area contributed by atoms with Gasteiger partial charge in [0.25, 0.3) is 0 Å². The maximum absolute atomic E-state index is 14.5. The molecule has 4 heterocycles. The Morgan fingerprint density at radius 2 is 2.10 bits per heavy atom. The van der Waals surface area contributed by atoms with Gasteiger partial charge in [-0.1, -0.05) is 0 Å². The molecule has 0 amide bonds. The average Bonchev–Trinajstić information content (AvgIpc) is 3.38. The zero-order valence-electron chi connectivity index (χ0n) is 16.5. The summed E-state index contributed by atoms with van der Waals surface area (Å²) >= 11 is 1.79. The molecule has 0 spiro atoms. The molecule has 0 unspecified atom stereocenters. The van der Waals surface area contributed by atoms with Crippen molar-refractivity contribution in [3.05, 3.63) is 58.9 Å². The van der Waals surface area contributed by atoms with Crippen LogP contribution in [0.15, 0.2) is 35.5 Å². The van der Waals surface area contributed by atoms with E-state index in [1.807, 2.05) is 54.5 Å². The van der Waals surface area contributed by atoms with Crippen molar-refractivity contribution in [2.75, 3.05) is 11.1 Å². The Morgan fingerprint density at radius 3 is 2.90 bits per heavy atom. The van der Waals surface area contributed by atoms with Crippen molar-refractivity contribution in [3.63, 3.8) is 0 Å². The molecule has 0 atom stereocenters. The van der Waals surface area contributed by atoms with Crippen LogP contribution in [0.25, 0.3) is 16.9 Å². The van der Waals surface area contributed by atoms with Gasteiger partial charge < -0.3 is 5.32 Å². The molecular weight excluding hydrogens is 387 g/mol. The first-order valence-electron chi connectivity index (χ1n) is 9.54. The van der Waals surface area contributed by atoms with E-state index in [0.29, 0.717) is 12.5 Å². The summed E-state index contributed by atoms with van der Waals surface area (Å²) in [5.74, 6) is 1.48. The van der Waals surface area contributed by atoms with E-state index in [9.17, 15) is 4.39 Å². The van der Waals surface area contributed by atoms with Crippen LogP contribution in [0.2, 0.25) is 0 Å². The molecule has 1 N–H and O–H groups in total. The normalized spacial score (nSPS) is 13.2. The quantitative estimate of drug-likeness (QED) is 0.550. The number of benzene rings is 1. The van der Waals surface area contributed by atoms with Crippen LogP contribution < -0.4 is 5.32 Å². The fourth-order valence-electron chi connectivity index (χ4n) is 3.94. The van der Waals surface area contributed by atoms with E-state index in [1.165, 1.54) is 4.90 Å². The Labute approximate surface area is 172 Å². The number of aryl methyl sites for hydroxylation is 3. The summed E-state index contributed by atoms with van der Waals surface area (Å²) in [7, 11) is 1.91. The minimum Gasteiger partial charge on any atom is -0.351 e. The molecule has 0 bridgehead atoms. The van der Waals surface area contributed by atoms with Crippen molar-refractivity contribution in [3.8, 4) is 11.3 Å². The Hall–Kier alpha value is -2.87. The molecule has 5 rings (SSSR count). The second-order valence-electron chi connectivity index (χ2n) is 7.32. The van der Waals surface area contributed by atoms with E-state index in [2.05, 4.69) is 15.4 Å². The lowest BCUT2D eigenvalue weighted by atomic mass is 10.0. The maximum Gasteiger partial charge on any atom is 0.208 e. The van der Waals surface area contributed by atoms with Gasteiger partial charge in [0.05, 0.1) is 22.6 Å². The highest BCUT2D eigenvalue weighted by molar-refractivity contribution is 7.99. The lowest BCUT2D eigenvalue weighted by Crippen LogP contribution is -2.10. The smallest absolute Gasteiger partial charge is 0.208 e. The third kappa shape index (κ3) is 3.07. The predicted octanol–water partition coefficient (Wildman–Crippen LogP) is 4.15. The van der Waals surface area contributed by atoms with Crippen LogP contribution in [-0.4, -0.2) is 29.9 Å². The highest BCUT2D eigenvalue weighted by Gasteiger charge is 2.20. The second-order valence-corrected chi connectivity index (χ2v) is 8.46. The summed E-state index contributed by atoms with van der Waals surface area (Å²) < 4.78 is 18.3. The second kappa shape index (κ2) is 6.88. The van der Waals surface area contributed by atoms with E-state index in [-0.39, 0.29) is 5.82 Å². The summed E-state index contributed by atoms with van der Waals surface area (Å²) in [5.41, 5.74) is 6.35. The van der Waals surface area contributed by atoms with Gasteiger partial charge >= 0.3 is 0 Å². The van der Waals surface area contributed by atoms with Crippen LogP contribution in [0.5, 0.6) is 0 Å². The van der Waals surface area contributed by atoms with E-state index < -0.39 is 0 Å². The minimum atomic E-state index is -0.168. The average molecular weight is 409 g/mol. The molecule has 8 heteroatoms. The van der Waals surface area contributed by atoms with Gasteiger partial charge in [-0.05, 0) is 44.0 Å². The number of rotatable bonds is 4. The van der Waals surface area contributed by atoms with E-state index >= 15 is 0 Å². The maximum atomic E-state index is 14.5. The van der Waals surface area contributed by atoms with Gasteiger partial charge in [-0.15, -0.1) is 11.8 Å². The van der Waals surface area contributed by atoms with Crippen molar-refractivity contribution >= 4 is 23.4 Å². The number of hydrogen-bond donors (Lipinski definition) is 1. The molecule has 4 aromatic rings. The lowest BCUT2D eigenvalue weighted by Gasteiger charge is -2.13. The number of anilines is 1. The molecule has 0 saturated carbocycles. The van der Waals surface area contributed by atoms with Gasteiger partial charge in [-0.25, -0.2) is 14.4 Å². The Balaban J connectivity index is 1.54. The first kappa shape index (κ1) is 18.2. The van der Waals surface area contributed by atoms with Crippen LogP contribution in [-0.2, 0) is 20.0 Å². The van der Waals surface area contributed by atoms with Crippen molar-refractivity contribution in [1.82, 2.24) is 24.1 Å². The van der Waals surface area contributed by atoms with Crippen molar-refractivity contribution in [1.29, 1.82) is 0 Å². The third-order valence-electron chi connectivity index (χ3n) is 5.25. The van der Waals surface area contributed by atoms with E-state index in [0.717, 1.165) is 51.6 Å². The van der Waals surface area contributed by atoms with Gasteiger partial charge in [0.1, 0.15) is 5.82 Å². The number of aromatic nitrogens is 5. The molecule has 1 aliphatic heterocycles. The minimum absolute atomic E-state index is 0.168. The zero-order chi connectivity index (χ0) is 20.1. The number of nitrogens with zero attached hydrogens (tertiary/aromatic N) is 5. The SMILES string of the molecule is Cc1cn2c(NCc3c(F)ccc4c3CCS4)ncc(-c3cc(C)nn3C)c2n1. The molecule has 3 aromatic heterocycles. The summed E-state index contributed by atoms with van der Waals surface area (Å²) in [6, 6.07) is 5.47. The van der Waals surface area contributed by atoms with Gasteiger partial charge in [-0.2, -0.15) is 5.10 Å². The molecule has 0 saturated heterocycles. The molecule has 0 aliphatic carbocycles. The number of fused-ring (bicyclic) bond motifs is 2.